The van der Waals surface area contributed by atoms with Gasteiger partial charge in [-0.05, 0) is 41.9 Å². The lowest BCUT2D eigenvalue weighted by Gasteiger charge is -2.36. The van der Waals surface area contributed by atoms with Gasteiger partial charge in [-0.25, -0.2) is 0 Å². The first-order valence-corrected chi connectivity index (χ1v) is 11.0. The maximum atomic E-state index is 6.55. The molecule has 3 rings (SSSR count). The van der Waals surface area contributed by atoms with E-state index in [2.05, 4.69) is 87.4 Å². The Balaban J connectivity index is 2.04. The van der Waals surface area contributed by atoms with Crippen molar-refractivity contribution in [3.05, 3.63) is 54.6 Å². The summed E-state index contributed by atoms with van der Waals surface area (Å²) in [6, 6.07) is 18.9. The Kier molecular flexibility index (Phi) is 3.84. The van der Waals surface area contributed by atoms with E-state index >= 15 is 0 Å². The van der Waals surface area contributed by atoms with Crippen LogP contribution in [0.5, 0.6) is 5.75 Å². The van der Waals surface area contributed by atoms with Crippen LogP contribution in [-0.4, -0.2) is 13.3 Å². The van der Waals surface area contributed by atoms with Crippen molar-refractivity contribution in [1.29, 1.82) is 0 Å². The highest BCUT2D eigenvalue weighted by atomic mass is 28.4. The summed E-state index contributed by atoms with van der Waals surface area (Å²) in [5.41, 5.74) is 3.45. The van der Waals surface area contributed by atoms with E-state index in [1.165, 1.54) is 5.56 Å². The molecule has 1 aromatic heterocycles. The van der Waals surface area contributed by atoms with Crippen LogP contribution in [0.15, 0.2) is 54.6 Å². The molecule has 2 aromatic carbocycles. The molecule has 120 valence electrons. The Hall–Kier alpha value is -2.00. The van der Waals surface area contributed by atoms with E-state index in [1.807, 2.05) is 6.07 Å². The van der Waals surface area contributed by atoms with Crippen molar-refractivity contribution < 1.29 is 4.43 Å². The van der Waals surface area contributed by atoms with Gasteiger partial charge in [-0.2, -0.15) is 0 Å². The molecule has 1 N–H and O–H groups in total. The highest BCUT2D eigenvalue weighted by molar-refractivity contribution is 6.74. The molecule has 0 amide bonds. The van der Waals surface area contributed by atoms with Crippen LogP contribution < -0.4 is 4.43 Å². The fraction of sp³-hybridized carbons (Fsp3) is 0.300. The number of rotatable bonds is 3. The second kappa shape index (κ2) is 5.57. The Morgan fingerprint density at radius 1 is 0.913 bits per heavy atom. The summed E-state index contributed by atoms with van der Waals surface area (Å²) in [5.74, 6) is 0.993. The summed E-state index contributed by atoms with van der Waals surface area (Å²) in [5, 5.41) is 1.35. The van der Waals surface area contributed by atoms with Crippen LogP contribution in [0.4, 0.5) is 0 Å². The van der Waals surface area contributed by atoms with E-state index in [0.717, 1.165) is 22.3 Å². The van der Waals surface area contributed by atoms with Crippen LogP contribution in [-0.2, 0) is 0 Å². The molecule has 0 aliphatic carbocycles. The molecule has 0 unspecified atom stereocenters. The van der Waals surface area contributed by atoms with Crippen LogP contribution in [0.3, 0.4) is 0 Å². The van der Waals surface area contributed by atoms with Crippen LogP contribution in [0.1, 0.15) is 20.8 Å². The van der Waals surface area contributed by atoms with Crippen LogP contribution >= 0.6 is 0 Å². The molecule has 1 heterocycles. The summed E-state index contributed by atoms with van der Waals surface area (Å²) in [4.78, 5) is 3.51. The minimum atomic E-state index is -1.85. The maximum absolute atomic E-state index is 6.55. The Morgan fingerprint density at radius 3 is 2.26 bits per heavy atom. The van der Waals surface area contributed by atoms with Gasteiger partial charge < -0.3 is 9.41 Å². The standard InChI is InChI=1S/C20H25NOSi/c1-20(2,3)23(4,5)22-19-13-9-12-17-16(19)14-18(21-17)15-10-7-6-8-11-15/h6-14,21H,1-5H3. The van der Waals surface area contributed by atoms with E-state index in [1.54, 1.807) is 0 Å². The van der Waals surface area contributed by atoms with Gasteiger partial charge in [-0.1, -0.05) is 57.2 Å². The van der Waals surface area contributed by atoms with Gasteiger partial charge in [0, 0.05) is 16.6 Å². The molecular formula is C20H25NOSi. The first-order chi connectivity index (χ1) is 10.8. The molecule has 0 aliphatic heterocycles. The predicted octanol–water partition coefficient (Wildman–Crippen LogP) is 6.22. The molecule has 0 atom stereocenters. The van der Waals surface area contributed by atoms with E-state index in [4.69, 9.17) is 4.43 Å². The summed E-state index contributed by atoms with van der Waals surface area (Å²) < 4.78 is 6.55. The fourth-order valence-corrected chi connectivity index (χ4v) is 3.45. The summed E-state index contributed by atoms with van der Waals surface area (Å²) in [7, 11) is -1.85. The summed E-state index contributed by atoms with van der Waals surface area (Å²) >= 11 is 0. The lowest BCUT2D eigenvalue weighted by atomic mass is 10.1. The minimum absolute atomic E-state index is 0.188. The molecule has 0 fully saturated rings. The molecule has 0 bridgehead atoms. The third-order valence-corrected chi connectivity index (χ3v) is 9.22. The van der Waals surface area contributed by atoms with Crippen molar-refractivity contribution >= 4 is 19.2 Å². The van der Waals surface area contributed by atoms with Gasteiger partial charge in [-0.15, -0.1) is 0 Å². The van der Waals surface area contributed by atoms with Gasteiger partial charge in [0.2, 0.25) is 0 Å². The van der Waals surface area contributed by atoms with Crippen LogP contribution in [0.25, 0.3) is 22.2 Å². The SMILES string of the molecule is CC(C)(C)[Si](C)(C)Oc1cccc2[nH]c(-c3ccccc3)cc12. The molecule has 0 saturated heterocycles. The summed E-state index contributed by atoms with van der Waals surface area (Å²) in [6.07, 6.45) is 0. The number of fused-ring (bicyclic) bond motifs is 1. The van der Waals surface area contributed by atoms with Crippen molar-refractivity contribution in [3.63, 3.8) is 0 Å². The highest BCUT2D eigenvalue weighted by Crippen LogP contribution is 2.39. The van der Waals surface area contributed by atoms with Gasteiger partial charge in [0.05, 0.1) is 0 Å². The third kappa shape index (κ3) is 3.06. The van der Waals surface area contributed by atoms with Crippen molar-refractivity contribution in [2.45, 2.75) is 38.9 Å². The van der Waals surface area contributed by atoms with Crippen molar-refractivity contribution in [2.75, 3.05) is 0 Å². The first-order valence-electron chi connectivity index (χ1n) is 8.14. The molecule has 0 spiro atoms. The molecule has 2 nitrogen and oxygen atoms in total. The number of benzene rings is 2. The number of H-pyrrole nitrogens is 1. The maximum Gasteiger partial charge on any atom is 0.250 e. The second-order valence-electron chi connectivity index (χ2n) is 7.63. The average molecular weight is 324 g/mol. The van der Waals surface area contributed by atoms with Gasteiger partial charge in [-0.3, -0.25) is 0 Å². The normalized spacial score (nSPS) is 12.6. The van der Waals surface area contributed by atoms with Crippen molar-refractivity contribution in [1.82, 2.24) is 4.98 Å². The van der Waals surface area contributed by atoms with Crippen molar-refractivity contribution in [2.24, 2.45) is 0 Å². The van der Waals surface area contributed by atoms with Crippen LogP contribution in [0, 0.1) is 0 Å². The monoisotopic (exact) mass is 323 g/mol. The Bertz CT molecular complexity index is 813. The zero-order valence-corrected chi connectivity index (χ0v) is 15.6. The second-order valence-corrected chi connectivity index (χ2v) is 12.4. The highest BCUT2D eigenvalue weighted by Gasteiger charge is 2.39. The van der Waals surface area contributed by atoms with E-state index in [-0.39, 0.29) is 5.04 Å². The zero-order chi connectivity index (χ0) is 16.7. The lowest BCUT2D eigenvalue weighted by molar-refractivity contribution is 0.496. The number of hydrogen-bond acceptors (Lipinski definition) is 1. The van der Waals surface area contributed by atoms with Crippen LogP contribution in [0.2, 0.25) is 18.1 Å². The molecule has 0 saturated carbocycles. The molecule has 0 aliphatic rings. The summed E-state index contributed by atoms with van der Waals surface area (Å²) in [6.45, 7) is 11.4. The smallest absolute Gasteiger partial charge is 0.250 e. The average Bonchev–Trinajstić information content (AvgIpc) is 2.92. The molecule has 3 aromatic rings. The van der Waals surface area contributed by atoms with E-state index in [0.29, 0.717) is 0 Å². The molecule has 3 heteroatoms. The topological polar surface area (TPSA) is 25.0 Å². The first kappa shape index (κ1) is 15.9. The van der Waals surface area contributed by atoms with Crippen molar-refractivity contribution in [3.8, 4) is 17.0 Å². The quantitative estimate of drug-likeness (QED) is 0.569. The van der Waals surface area contributed by atoms with Gasteiger partial charge in [0.1, 0.15) is 5.75 Å². The third-order valence-electron chi connectivity index (χ3n) is 4.88. The predicted molar refractivity (Wildman–Crippen MR) is 102 cm³/mol. The number of aromatic nitrogens is 1. The van der Waals surface area contributed by atoms with E-state index in [9.17, 15) is 0 Å². The zero-order valence-electron chi connectivity index (χ0n) is 14.6. The fourth-order valence-electron chi connectivity index (χ4n) is 2.42. The Labute approximate surface area is 139 Å². The van der Waals surface area contributed by atoms with E-state index < -0.39 is 8.32 Å². The lowest BCUT2D eigenvalue weighted by Crippen LogP contribution is -2.43. The number of hydrogen-bond donors (Lipinski definition) is 1. The van der Waals surface area contributed by atoms with Gasteiger partial charge >= 0.3 is 0 Å². The Morgan fingerprint density at radius 2 is 1.61 bits per heavy atom. The number of aromatic amines is 1. The van der Waals surface area contributed by atoms with Gasteiger partial charge in [0.25, 0.3) is 8.32 Å². The van der Waals surface area contributed by atoms with Gasteiger partial charge in [0.15, 0.2) is 0 Å². The largest absolute Gasteiger partial charge is 0.543 e. The molecular weight excluding hydrogens is 298 g/mol. The molecule has 23 heavy (non-hydrogen) atoms. The number of nitrogens with one attached hydrogen (secondary N) is 1. The minimum Gasteiger partial charge on any atom is -0.543 e. The molecule has 0 radical (unpaired) electrons.